The molecule has 1 N–H and O–H groups in total. The van der Waals surface area contributed by atoms with E-state index in [1.54, 1.807) is 0 Å². The lowest BCUT2D eigenvalue weighted by atomic mass is 9.87. The van der Waals surface area contributed by atoms with Gasteiger partial charge in [0.2, 0.25) is 0 Å². The van der Waals surface area contributed by atoms with E-state index in [-0.39, 0.29) is 12.0 Å². The van der Waals surface area contributed by atoms with Crippen LogP contribution in [0.5, 0.6) is 0 Å². The third-order valence-corrected chi connectivity index (χ3v) is 2.18. The van der Waals surface area contributed by atoms with Crippen molar-refractivity contribution in [1.82, 2.24) is 0 Å². The maximum Gasteiger partial charge on any atom is 0.506 e. The van der Waals surface area contributed by atoms with Gasteiger partial charge < -0.3 is 9.84 Å². The SMILES string of the molecule is CC(C)(C)c1ccc(COC(=O)O)cc1. The molecule has 1 rings (SSSR count). The Morgan fingerprint density at radius 3 is 2.20 bits per heavy atom. The van der Waals surface area contributed by atoms with E-state index in [1.807, 2.05) is 24.3 Å². The van der Waals surface area contributed by atoms with Crippen LogP contribution in [0.1, 0.15) is 31.9 Å². The van der Waals surface area contributed by atoms with Crippen molar-refractivity contribution in [3.05, 3.63) is 35.4 Å². The molecule has 0 fully saturated rings. The molecule has 1 aromatic rings. The zero-order valence-electron chi connectivity index (χ0n) is 9.28. The Morgan fingerprint density at radius 1 is 1.27 bits per heavy atom. The van der Waals surface area contributed by atoms with E-state index in [1.165, 1.54) is 5.56 Å². The summed E-state index contributed by atoms with van der Waals surface area (Å²) in [6.45, 7) is 6.51. The molecule has 0 amide bonds. The van der Waals surface area contributed by atoms with Gasteiger partial charge in [0.05, 0.1) is 0 Å². The molecule has 0 aromatic heterocycles. The van der Waals surface area contributed by atoms with Gasteiger partial charge in [-0.05, 0) is 16.5 Å². The van der Waals surface area contributed by atoms with Crippen molar-refractivity contribution in [2.24, 2.45) is 0 Å². The summed E-state index contributed by atoms with van der Waals surface area (Å²) < 4.78 is 4.47. The van der Waals surface area contributed by atoms with Crippen molar-refractivity contribution in [3.8, 4) is 0 Å². The molecular weight excluding hydrogens is 192 g/mol. The van der Waals surface area contributed by atoms with Crippen LogP contribution in [0.3, 0.4) is 0 Å². The van der Waals surface area contributed by atoms with E-state index in [0.29, 0.717) is 0 Å². The van der Waals surface area contributed by atoms with Gasteiger partial charge in [-0.15, -0.1) is 0 Å². The fourth-order valence-electron chi connectivity index (χ4n) is 1.25. The van der Waals surface area contributed by atoms with Gasteiger partial charge >= 0.3 is 6.16 Å². The number of rotatable bonds is 2. The van der Waals surface area contributed by atoms with E-state index in [2.05, 4.69) is 25.5 Å². The maximum absolute atomic E-state index is 10.2. The number of hydrogen-bond donors (Lipinski definition) is 1. The summed E-state index contributed by atoms with van der Waals surface area (Å²) in [4.78, 5) is 10.2. The lowest BCUT2D eigenvalue weighted by molar-refractivity contribution is 0.0854. The van der Waals surface area contributed by atoms with Gasteiger partial charge in [0.15, 0.2) is 0 Å². The minimum Gasteiger partial charge on any atom is -0.450 e. The first-order valence-electron chi connectivity index (χ1n) is 4.85. The molecule has 0 aliphatic carbocycles. The minimum absolute atomic E-state index is 0.111. The summed E-state index contributed by atoms with van der Waals surface area (Å²) in [5.41, 5.74) is 2.21. The summed E-state index contributed by atoms with van der Waals surface area (Å²) in [6, 6.07) is 7.79. The second kappa shape index (κ2) is 4.34. The fraction of sp³-hybridized carbons (Fsp3) is 0.417. The number of carboxylic acid groups (broad SMARTS) is 1. The van der Waals surface area contributed by atoms with Crippen molar-refractivity contribution in [2.45, 2.75) is 32.8 Å². The highest BCUT2D eigenvalue weighted by Crippen LogP contribution is 2.22. The predicted molar refractivity (Wildman–Crippen MR) is 58.0 cm³/mol. The number of carbonyl (C=O) groups is 1. The molecule has 15 heavy (non-hydrogen) atoms. The molecule has 0 aliphatic rings. The fourth-order valence-corrected chi connectivity index (χ4v) is 1.25. The van der Waals surface area contributed by atoms with Gasteiger partial charge in [0.25, 0.3) is 0 Å². The van der Waals surface area contributed by atoms with Crippen LogP contribution in [-0.2, 0) is 16.8 Å². The highest BCUT2D eigenvalue weighted by atomic mass is 16.7. The molecule has 0 spiro atoms. The first kappa shape index (κ1) is 11.6. The largest absolute Gasteiger partial charge is 0.506 e. The molecule has 0 saturated carbocycles. The molecule has 0 bridgehead atoms. The molecule has 0 aliphatic heterocycles. The zero-order chi connectivity index (χ0) is 11.5. The Bertz CT molecular complexity index is 333. The molecule has 0 heterocycles. The Balaban J connectivity index is 2.69. The molecule has 0 radical (unpaired) electrons. The van der Waals surface area contributed by atoms with Crippen molar-refractivity contribution in [2.75, 3.05) is 0 Å². The maximum atomic E-state index is 10.2. The van der Waals surface area contributed by atoms with Gasteiger partial charge in [-0.25, -0.2) is 4.79 Å². The molecule has 82 valence electrons. The van der Waals surface area contributed by atoms with Gasteiger partial charge in [-0.3, -0.25) is 0 Å². The molecule has 0 unspecified atom stereocenters. The van der Waals surface area contributed by atoms with Crippen molar-refractivity contribution in [1.29, 1.82) is 0 Å². The van der Waals surface area contributed by atoms with Crippen molar-refractivity contribution in [3.63, 3.8) is 0 Å². The van der Waals surface area contributed by atoms with Crippen LogP contribution in [0, 0.1) is 0 Å². The number of hydrogen-bond acceptors (Lipinski definition) is 2. The molecule has 3 nitrogen and oxygen atoms in total. The van der Waals surface area contributed by atoms with Crippen LogP contribution in [0.4, 0.5) is 4.79 Å². The number of ether oxygens (including phenoxy) is 1. The van der Waals surface area contributed by atoms with Crippen LogP contribution < -0.4 is 0 Å². The Morgan fingerprint density at radius 2 is 1.80 bits per heavy atom. The van der Waals surface area contributed by atoms with E-state index in [4.69, 9.17) is 5.11 Å². The van der Waals surface area contributed by atoms with E-state index < -0.39 is 6.16 Å². The second-order valence-electron chi connectivity index (χ2n) is 4.50. The van der Waals surface area contributed by atoms with Gasteiger partial charge in [-0.2, -0.15) is 0 Å². The third-order valence-electron chi connectivity index (χ3n) is 2.18. The van der Waals surface area contributed by atoms with E-state index >= 15 is 0 Å². The van der Waals surface area contributed by atoms with Crippen LogP contribution in [0.2, 0.25) is 0 Å². The summed E-state index contributed by atoms with van der Waals surface area (Å²) in [6.07, 6.45) is -1.24. The first-order valence-corrected chi connectivity index (χ1v) is 4.85. The van der Waals surface area contributed by atoms with E-state index in [9.17, 15) is 4.79 Å². The molecule has 0 atom stereocenters. The third kappa shape index (κ3) is 3.62. The summed E-state index contributed by atoms with van der Waals surface area (Å²) in [7, 11) is 0. The van der Waals surface area contributed by atoms with Crippen LogP contribution in [0.15, 0.2) is 24.3 Å². The normalized spacial score (nSPS) is 11.1. The lowest BCUT2D eigenvalue weighted by Crippen LogP contribution is -2.10. The quantitative estimate of drug-likeness (QED) is 0.759. The van der Waals surface area contributed by atoms with Crippen LogP contribution in [0.25, 0.3) is 0 Å². The summed E-state index contributed by atoms with van der Waals surface area (Å²) in [5.74, 6) is 0. The highest BCUT2D eigenvalue weighted by molar-refractivity contribution is 5.56. The standard InChI is InChI=1S/C12H16O3/c1-12(2,3)10-6-4-9(5-7-10)8-15-11(13)14/h4-7H,8H2,1-3H3,(H,13,14). The second-order valence-corrected chi connectivity index (χ2v) is 4.50. The van der Waals surface area contributed by atoms with Crippen molar-refractivity contribution >= 4 is 6.16 Å². The zero-order valence-corrected chi connectivity index (χ0v) is 9.28. The van der Waals surface area contributed by atoms with Crippen LogP contribution in [-0.4, -0.2) is 11.3 Å². The topological polar surface area (TPSA) is 46.5 Å². The number of benzene rings is 1. The first-order chi connectivity index (χ1) is 6.89. The predicted octanol–water partition coefficient (Wildman–Crippen LogP) is 3.18. The Labute approximate surface area is 89.7 Å². The summed E-state index contributed by atoms with van der Waals surface area (Å²) >= 11 is 0. The average molecular weight is 208 g/mol. The Kier molecular flexibility index (Phi) is 3.35. The molecule has 1 aromatic carbocycles. The monoisotopic (exact) mass is 208 g/mol. The van der Waals surface area contributed by atoms with Crippen molar-refractivity contribution < 1.29 is 14.6 Å². The van der Waals surface area contributed by atoms with E-state index in [0.717, 1.165) is 5.56 Å². The van der Waals surface area contributed by atoms with Gasteiger partial charge in [0, 0.05) is 0 Å². The summed E-state index contributed by atoms with van der Waals surface area (Å²) in [5, 5.41) is 8.34. The van der Waals surface area contributed by atoms with Gasteiger partial charge in [0.1, 0.15) is 6.61 Å². The molecule has 3 heteroatoms. The lowest BCUT2D eigenvalue weighted by Gasteiger charge is -2.19. The molecule has 0 saturated heterocycles. The van der Waals surface area contributed by atoms with Crippen LogP contribution >= 0.6 is 0 Å². The van der Waals surface area contributed by atoms with Gasteiger partial charge in [-0.1, -0.05) is 45.0 Å². The highest BCUT2D eigenvalue weighted by Gasteiger charge is 2.12. The molecular formula is C12H16O3. The average Bonchev–Trinajstić information content (AvgIpc) is 2.14. The minimum atomic E-state index is -1.24. The smallest absolute Gasteiger partial charge is 0.450 e. The Hall–Kier alpha value is -1.51.